The zero-order chi connectivity index (χ0) is 20.5. The predicted octanol–water partition coefficient (Wildman–Crippen LogP) is 3.67. The second-order valence-electron chi connectivity index (χ2n) is 6.73. The first-order chi connectivity index (χ1) is 14.0. The van der Waals surface area contributed by atoms with Gasteiger partial charge in [0, 0.05) is 24.6 Å². The fraction of sp³-hybridized carbons (Fsp3) is 0.182. The van der Waals surface area contributed by atoms with E-state index < -0.39 is 5.97 Å². The topological polar surface area (TPSA) is 89.8 Å². The summed E-state index contributed by atoms with van der Waals surface area (Å²) in [5.74, 6) is -0.468. The van der Waals surface area contributed by atoms with Crippen molar-refractivity contribution in [2.75, 3.05) is 19.5 Å². The van der Waals surface area contributed by atoms with Crippen molar-refractivity contribution in [1.82, 2.24) is 4.57 Å². The van der Waals surface area contributed by atoms with Crippen LogP contribution in [0.4, 0.5) is 5.69 Å². The van der Waals surface area contributed by atoms with Crippen molar-refractivity contribution in [2.24, 2.45) is 0 Å². The standard InChI is InChI=1S/C22H20N2O5/c1-28-14-8-9-18(29-2)17(10-14)24-12-16(22(26)27)20-21(24)15(11-19(25)23-20)13-6-4-3-5-7-13/h3-10,12,15H,11H2,1-2H3,(H,23,25)(H,26,27)/t15-/m0/s1. The molecule has 0 radical (unpaired) electrons. The van der Waals surface area contributed by atoms with E-state index in [1.165, 1.54) is 6.20 Å². The fourth-order valence-electron chi connectivity index (χ4n) is 3.78. The Hall–Kier alpha value is -3.74. The number of nitrogens with one attached hydrogen (secondary N) is 1. The Kier molecular flexibility index (Phi) is 4.72. The minimum absolute atomic E-state index is 0.0267. The van der Waals surface area contributed by atoms with Gasteiger partial charge in [-0.3, -0.25) is 4.79 Å². The maximum Gasteiger partial charge on any atom is 0.339 e. The van der Waals surface area contributed by atoms with Gasteiger partial charge in [0.15, 0.2) is 0 Å². The second-order valence-corrected chi connectivity index (χ2v) is 6.73. The van der Waals surface area contributed by atoms with Gasteiger partial charge in [0.05, 0.1) is 31.3 Å². The number of fused-ring (bicyclic) bond motifs is 1. The highest BCUT2D eigenvalue weighted by Crippen LogP contribution is 2.43. The number of carbonyl (C=O) groups is 2. The zero-order valence-corrected chi connectivity index (χ0v) is 16.0. The molecule has 4 rings (SSSR count). The number of aromatic nitrogens is 1. The van der Waals surface area contributed by atoms with E-state index in [9.17, 15) is 14.7 Å². The molecule has 0 fully saturated rings. The number of carboxylic acid groups (broad SMARTS) is 1. The highest BCUT2D eigenvalue weighted by atomic mass is 16.5. The van der Waals surface area contributed by atoms with E-state index in [2.05, 4.69) is 5.32 Å². The van der Waals surface area contributed by atoms with Crippen LogP contribution >= 0.6 is 0 Å². The Morgan fingerprint density at radius 2 is 1.90 bits per heavy atom. The summed E-state index contributed by atoms with van der Waals surface area (Å²) in [6.45, 7) is 0. The normalized spacial score (nSPS) is 15.4. The predicted molar refractivity (Wildman–Crippen MR) is 107 cm³/mol. The van der Waals surface area contributed by atoms with Gasteiger partial charge in [-0.05, 0) is 17.7 Å². The summed E-state index contributed by atoms with van der Waals surface area (Å²) >= 11 is 0. The van der Waals surface area contributed by atoms with Crippen molar-refractivity contribution < 1.29 is 24.2 Å². The average Bonchev–Trinajstić information content (AvgIpc) is 3.12. The van der Waals surface area contributed by atoms with Gasteiger partial charge in [-0.1, -0.05) is 30.3 Å². The van der Waals surface area contributed by atoms with E-state index in [4.69, 9.17) is 9.47 Å². The third-order valence-corrected chi connectivity index (χ3v) is 5.11. The number of methoxy groups -OCH3 is 2. The molecule has 1 atom stereocenters. The van der Waals surface area contributed by atoms with Crippen LogP contribution in [0.15, 0.2) is 54.7 Å². The molecular weight excluding hydrogens is 372 g/mol. The quantitative estimate of drug-likeness (QED) is 0.692. The molecule has 2 aromatic carbocycles. The highest BCUT2D eigenvalue weighted by molar-refractivity contribution is 6.04. The van der Waals surface area contributed by atoms with Crippen molar-refractivity contribution in [3.63, 3.8) is 0 Å². The lowest BCUT2D eigenvalue weighted by molar-refractivity contribution is -0.116. The Bertz CT molecular complexity index is 1090. The summed E-state index contributed by atoms with van der Waals surface area (Å²) in [5.41, 5.74) is 2.60. The van der Waals surface area contributed by atoms with Gasteiger partial charge in [0.2, 0.25) is 5.91 Å². The number of hydrogen-bond acceptors (Lipinski definition) is 4. The molecule has 0 spiro atoms. The van der Waals surface area contributed by atoms with E-state index in [0.717, 1.165) is 5.56 Å². The van der Waals surface area contributed by atoms with E-state index in [0.29, 0.717) is 28.6 Å². The monoisotopic (exact) mass is 392 g/mol. The number of aromatic carboxylic acids is 1. The highest BCUT2D eigenvalue weighted by Gasteiger charge is 2.35. The van der Waals surface area contributed by atoms with Crippen molar-refractivity contribution in [3.05, 3.63) is 71.5 Å². The van der Waals surface area contributed by atoms with Crippen LogP contribution < -0.4 is 14.8 Å². The van der Waals surface area contributed by atoms with Crippen LogP contribution in [-0.2, 0) is 4.79 Å². The van der Waals surface area contributed by atoms with Crippen LogP contribution in [0.3, 0.4) is 0 Å². The number of amides is 1. The molecule has 1 aliphatic heterocycles. The summed E-state index contributed by atoms with van der Waals surface area (Å²) < 4.78 is 12.6. The van der Waals surface area contributed by atoms with Crippen molar-refractivity contribution >= 4 is 17.6 Å². The molecule has 7 nitrogen and oxygen atoms in total. The minimum atomic E-state index is -1.11. The van der Waals surface area contributed by atoms with Crippen LogP contribution in [0.2, 0.25) is 0 Å². The molecule has 0 saturated carbocycles. The first-order valence-corrected chi connectivity index (χ1v) is 9.09. The summed E-state index contributed by atoms with van der Waals surface area (Å²) in [6, 6.07) is 14.9. The molecule has 1 aromatic heterocycles. The number of ether oxygens (including phenoxy) is 2. The number of anilines is 1. The van der Waals surface area contributed by atoms with Crippen LogP contribution in [0.1, 0.15) is 34.0 Å². The van der Waals surface area contributed by atoms with E-state index in [1.54, 1.807) is 37.0 Å². The van der Waals surface area contributed by atoms with Crippen molar-refractivity contribution in [3.8, 4) is 17.2 Å². The summed E-state index contributed by atoms with van der Waals surface area (Å²) in [6.07, 6.45) is 1.73. The number of rotatable bonds is 5. The maximum atomic E-state index is 12.4. The number of nitrogens with zero attached hydrogens (tertiary/aromatic N) is 1. The number of hydrogen-bond donors (Lipinski definition) is 2. The van der Waals surface area contributed by atoms with E-state index in [1.807, 2.05) is 30.3 Å². The van der Waals surface area contributed by atoms with Gasteiger partial charge in [0.25, 0.3) is 0 Å². The molecule has 0 saturated heterocycles. The summed E-state index contributed by atoms with van der Waals surface area (Å²) in [7, 11) is 3.11. The van der Waals surface area contributed by atoms with E-state index >= 15 is 0 Å². The SMILES string of the molecule is COc1ccc(OC)c(-n2cc(C(=O)O)c3c2[C@H](c2ccccc2)CC(=O)N3)c1. The average molecular weight is 392 g/mol. The van der Waals surface area contributed by atoms with Crippen LogP contribution in [0.25, 0.3) is 5.69 Å². The molecule has 2 N–H and O–H groups in total. The number of benzene rings is 2. The van der Waals surface area contributed by atoms with Gasteiger partial charge in [-0.15, -0.1) is 0 Å². The molecule has 0 bridgehead atoms. The molecule has 148 valence electrons. The van der Waals surface area contributed by atoms with Gasteiger partial charge in [-0.25, -0.2) is 4.79 Å². The first-order valence-electron chi connectivity index (χ1n) is 9.09. The lowest BCUT2D eigenvalue weighted by atomic mass is 9.88. The number of carboxylic acids is 1. The first kappa shape index (κ1) is 18.6. The Morgan fingerprint density at radius 1 is 1.14 bits per heavy atom. The van der Waals surface area contributed by atoms with Gasteiger partial charge in [-0.2, -0.15) is 0 Å². The van der Waals surface area contributed by atoms with Crippen LogP contribution in [-0.4, -0.2) is 35.8 Å². The summed E-state index contributed by atoms with van der Waals surface area (Å²) in [4.78, 5) is 24.3. The molecular formula is C22H20N2O5. The van der Waals surface area contributed by atoms with Gasteiger partial charge in [0.1, 0.15) is 17.1 Å². The largest absolute Gasteiger partial charge is 0.497 e. The van der Waals surface area contributed by atoms with Gasteiger partial charge >= 0.3 is 5.97 Å². The molecule has 0 unspecified atom stereocenters. The number of carbonyl (C=O) groups excluding carboxylic acids is 1. The summed E-state index contributed by atoms with van der Waals surface area (Å²) in [5, 5.41) is 12.5. The second kappa shape index (κ2) is 7.35. The molecule has 29 heavy (non-hydrogen) atoms. The molecule has 0 aliphatic carbocycles. The third kappa shape index (κ3) is 3.20. The Morgan fingerprint density at radius 3 is 2.55 bits per heavy atom. The molecule has 1 amide bonds. The Labute approximate surface area is 167 Å². The van der Waals surface area contributed by atoms with Gasteiger partial charge < -0.3 is 24.5 Å². The van der Waals surface area contributed by atoms with Crippen molar-refractivity contribution in [1.29, 1.82) is 0 Å². The fourth-order valence-corrected chi connectivity index (χ4v) is 3.78. The van der Waals surface area contributed by atoms with E-state index in [-0.39, 0.29) is 23.8 Å². The Balaban J connectivity index is 2.01. The minimum Gasteiger partial charge on any atom is -0.497 e. The maximum absolute atomic E-state index is 12.4. The molecule has 2 heterocycles. The zero-order valence-electron chi connectivity index (χ0n) is 16.0. The van der Waals surface area contributed by atoms with Crippen LogP contribution in [0.5, 0.6) is 11.5 Å². The molecule has 7 heteroatoms. The molecule has 1 aliphatic rings. The smallest absolute Gasteiger partial charge is 0.339 e. The van der Waals surface area contributed by atoms with Crippen molar-refractivity contribution in [2.45, 2.75) is 12.3 Å². The van der Waals surface area contributed by atoms with Crippen LogP contribution in [0, 0.1) is 0 Å². The molecule has 3 aromatic rings. The lowest BCUT2D eigenvalue weighted by Crippen LogP contribution is -2.25. The lowest BCUT2D eigenvalue weighted by Gasteiger charge is -2.26. The third-order valence-electron chi connectivity index (χ3n) is 5.11.